The van der Waals surface area contributed by atoms with Crippen molar-refractivity contribution in [2.75, 3.05) is 13.1 Å². The van der Waals surface area contributed by atoms with E-state index in [1.807, 2.05) is 0 Å². The highest BCUT2D eigenvalue weighted by Gasteiger charge is 2.00. The molecule has 2 aromatic heterocycles. The Labute approximate surface area is 159 Å². The van der Waals surface area contributed by atoms with Gasteiger partial charge in [-0.05, 0) is 46.8 Å². The average Bonchev–Trinajstić information content (AvgIpc) is 3.07. The lowest BCUT2D eigenvalue weighted by Gasteiger charge is -2.10. The van der Waals surface area contributed by atoms with Crippen molar-refractivity contribution in [2.24, 2.45) is 4.99 Å². The third-order valence-corrected chi connectivity index (χ3v) is 5.22. The molecule has 2 heterocycles. The fourth-order valence-corrected chi connectivity index (χ4v) is 3.78. The largest absolute Gasteiger partial charge is 0.357 e. The van der Waals surface area contributed by atoms with Gasteiger partial charge in [0.25, 0.3) is 0 Å². The normalized spacial score (nSPS) is 11.0. The minimum Gasteiger partial charge on any atom is -0.357 e. The Hall–Kier alpha value is -0.120. The molecule has 0 fully saturated rings. The molecular formula is C14H19BrIN3S2. The maximum absolute atomic E-state index is 4.60. The van der Waals surface area contributed by atoms with E-state index in [0.29, 0.717) is 6.54 Å². The first-order valence-corrected chi connectivity index (χ1v) is 9.10. The first-order valence-electron chi connectivity index (χ1n) is 6.55. The van der Waals surface area contributed by atoms with Gasteiger partial charge in [-0.2, -0.15) is 0 Å². The number of nitrogens with zero attached hydrogens (tertiary/aromatic N) is 1. The molecule has 2 rings (SSSR count). The zero-order chi connectivity index (χ0) is 14.2. The van der Waals surface area contributed by atoms with Crippen LogP contribution in [0.5, 0.6) is 0 Å². The standard InChI is InChI=1S/C14H18BrN3S2.HI/c1-2-16-14(17-6-5-12-4-3-7-19-12)18-9-13-8-11(15)10-20-13;/h3-4,7-8,10H,2,5-6,9H2,1H3,(H2,16,17,18);1H. The van der Waals surface area contributed by atoms with E-state index >= 15 is 0 Å². The minimum absolute atomic E-state index is 0. The molecule has 2 N–H and O–H groups in total. The Morgan fingerprint density at radius 1 is 1.29 bits per heavy atom. The summed E-state index contributed by atoms with van der Waals surface area (Å²) in [4.78, 5) is 7.26. The van der Waals surface area contributed by atoms with Crippen molar-refractivity contribution < 1.29 is 0 Å². The van der Waals surface area contributed by atoms with Gasteiger partial charge in [0, 0.05) is 32.7 Å². The molecule has 2 aromatic rings. The quantitative estimate of drug-likeness (QED) is 0.349. The molecule has 0 amide bonds. The smallest absolute Gasteiger partial charge is 0.191 e. The van der Waals surface area contributed by atoms with Crippen LogP contribution in [0.3, 0.4) is 0 Å². The van der Waals surface area contributed by atoms with Crippen LogP contribution in [0.2, 0.25) is 0 Å². The van der Waals surface area contributed by atoms with E-state index in [-0.39, 0.29) is 24.0 Å². The lowest BCUT2D eigenvalue weighted by Crippen LogP contribution is -2.38. The predicted molar refractivity (Wildman–Crippen MR) is 108 cm³/mol. The number of hydrogen-bond acceptors (Lipinski definition) is 3. The molecule has 21 heavy (non-hydrogen) atoms. The molecule has 0 saturated carbocycles. The highest BCUT2D eigenvalue weighted by Crippen LogP contribution is 2.20. The van der Waals surface area contributed by atoms with Crippen molar-refractivity contribution in [2.45, 2.75) is 19.9 Å². The number of guanidine groups is 1. The summed E-state index contributed by atoms with van der Waals surface area (Å²) in [6.07, 6.45) is 1.03. The Balaban J connectivity index is 0.00000220. The lowest BCUT2D eigenvalue weighted by molar-refractivity contribution is 0.806. The summed E-state index contributed by atoms with van der Waals surface area (Å²) >= 11 is 6.99. The second kappa shape index (κ2) is 10.6. The molecule has 0 aromatic carbocycles. The third-order valence-electron chi connectivity index (χ3n) is 2.60. The van der Waals surface area contributed by atoms with E-state index < -0.39 is 0 Å². The summed E-state index contributed by atoms with van der Waals surface area (Å²) in [5.74, 6) is 0.883. The zero-order valence-electron chi connectivity index (χ0n) is 11.8. The van der Waals surface area contributed by atoms with Gasteiger partial charge in [-0.25, -0.2) is 4.99 Å². The van der Waals surface area contributed by atoms with Crippen LogP contribution in [-0.2, 0) is 13.0 Å². The minimum atomic E-state index is 0. The van der Waals surface area contributed by atoms with Crippen LogP contribution in [0.15, 0.2) is 38.4 Å². The maximum Gasteiger partial charge on any atom is 0.191 e. The summed E-state index contributed by atoms with van der Waals surface area (Å²) in [6.45, 7) is 4.57. The van der Waals surface area contributed by atoms with Crippen LogP contribution in [0.25, 0.3) is 0 Å². The van der Waals surface area contributed by atoms with Gasteiger partial charge in [0.1, 0.15) is 0 Å². The Kier molecular flexibility index (Phi) is 9.54. The van der Waals surface area contributed by atoms with Crippen LogP contribution in [-0.4, -0.2) is 19.0 Å². The van der Waals surface area contributed by atoms with Crippen molar-refractivity contribution in [3.8, 4) is 0 Å². The van der Waals surface area contributed by atoms with Gasteiger partial charge in [0.2, 0.25) is 0 Å². The van der Waals surface area contributed by atoms with Gasteiger partial charge in [-0.1, -0.05) is 6.07 Å². The van der Waals surface area contributed by atoms with Crippen LogP contribution in [0.1, 0.15) is 16.7 Å². The number of rotatable bonds is 6. The van der Waals surface area contributed by atoms with E-state index in [1.54, 1.807) is 22.7 Å². The number of hydrogen-bond donors (Lipinski definition) is 2. The topological polar surface area (TPSA) is 36.4 Å². The molecule has 7 heteroatoms. The fourth-order valence-electron chi connectivity index (χ4n) is 1.69. The number of nitrogens with one attached hydrogen (secondary N) is 2. The second-order valence-electron chi connectivity index (χ2n) is 4.18. The fraction of sp³-hybridized carbons (Fsp3) is 0.357. The van der Waals surface area contributed by atoms with Crippen LogP contribution in [0, 0.1) is 0 Å². The second-order valence-corrected chi connectivity index (χ2v) is 7.13. The monoisotopic (exact) mass is 499 g/mol. The number of halogens is 2. The van der Waals surface area contributed by atoms with Crippen molar-refractivity contribution >= 4 is 68.5 Å². The number of thiophene rings is 2. The molecule has 116 valence electrons. The summed E-state index contributed by atoms with van der Waals surface area (Å²) < 4.78 is 1.13. The zero-order valence-corrected chi connectivity index (χ0v) is 17.3. The molecule has 0 radical (unpaired) electrons. The molecule has 0 spiro atoms. The Bertz CT molecular complexity index is 540. The van der Waals surface area contributed by atoms with Gasteiger partial charge >= 0.3 is 0 Å². The predicted octanol–water partition coefficient (Wildman–Crippen LogP) is 4.49. The number of aliphatic imine (C=N–C) groups is 1. The summed E-state index contributed by atoms with van der Waals surface area (Å²) in [5, 5.41) is 10.8. The molecule has 3 nitrogen and oxygen atoms in total. The van der Waals surface area contributed by atoms with Gasteiger partial charge in [0.15, 0.2) is 5.96 Å². The van der Waals surface area contributed by atoms with E-state index in [1.165, 1.54) is 9.75 Å². The molecule has 0 atom stereocenters. The molecule has 0 unspecified atom stereocenters. The van der Waals surface area contributed by atoms with Gasteiger partial charge < -0.3 is 10.6 Å². The Morgan fingerprint density at radius 3 is 2.76 bits per heavy atom. The van der Waals surface area contributed by atoms with Crippen molar-refractivity contribution in [3.63, 3.8) is 0 Å². The first-order chi connectivity index (χ1) is 9.78. The Morgan fingerprint density at radius 2 is 2.14 bits per heavy atom. The summed E-state index contributed by atoms with van der Waals surface area (Å²) in [5.41, 5.74) is 0. The molecule has 0 bridgehead atoms. The molecule has 0 aliphatic carbocycles. The van der Waals surface area contributed by atoms with Crippen LogP contribution >= 0.6 is 62.6 Å². The highest BCUT2D eigenvalue weighted by molar-refractivity contribution is 14.0. The van der Waals surface area contributed by atoms with Crippen LogP contribution in [0.4, 0.5) is 0 Å². The summed E-state index contributed by atoms with van der Waals surface area (Å²) in [6, 6.07) is 6.37. The molecule has 0 saturated heterocycles. The van der Waals surface area contributed by atoms with Crippen LogP contribution < -0.4 is 10.6 Å². The first kappa shape index (κ1) is 18.9. The molecule has 0 aliphatic rings. The maximum atomic E-state index is 4.60. The average molecular weight is 500 g/mol. The van der Waals surface area contributed by atoms with Gasteiger partial charge in [-0.15, -0.1) is 46.7 Å². The van der Waals surface area contributed by atoms with E-state index in [0.717, 1.165) is 29.9 Å². The van der Waals surface area contributed by atoms with Crippen molar-refractivity contribution in [1.82, 2.24) is 10.6 Å². The van der Waals surface area contributed by atoms with E-state index in [2.05, 4.69) is 67.4 Å². The molecule has 0 aliphatic heterocycles. The SMILES string of the molecule is CCNC(=NCc1cc(Br)cs1)NCCc1cccs1.I. The highest BCUT2D eigenvalue weighted by atomic mass is 127. The summed E-state index contributed by atoms with van der Waals surface area (Å²) in [7, 11) is 0. The van der Waals surface area contributed by atoms with E-state index in [9.17, 15) is 0 Å². The van der Waals surface area contributed by atoms with Gasteiger partial charge in [0.05, 0.1) is 6.54 Å². The molecular weight excluding hydrogens is 481 g/mol. The van der Waals surface area contributed by atoms with Crippen molar-refractivity contribution in [3.05, 3.63) is 43.2 Å². The van der Waals surface area contributed by atoms with E-state index in [4.69, 9.17) is 0 Å². The lowest BCUT2D eigenvalue weighted by atomic mass is 10.3. The van der Waals surface area contributed by atoms with Gasteiger partial charge in [-0.3, -0.25) is 0 Å². The third kappa shape index (κ3) is 7.12. The van der Waals surface area contributed by atoms with Crippen molar-refractivity contribution in [1.29, 1.82) is 0 Å².